The van der Waals surface area contributed by atoms with Crippen LogP contribution in [-0.2, 0) is 11.2 Å². The van der Waals surface area contributed by atoms with Crippen LogP contribution in [0, 0.1) is 0 Å². The van der Waals surface area contributed by atoms with Crippen LogP contribution in [0.25, 0.3) is 5.65 Å². The van der Waals surface area contributed by atoms with Crippen LogP contribution in [0.1, 0.15) is 43.0 Å². The lowest BCUT2D eigenvalue weighted by molar-refractivity contribution is -0.131. The van der Waals surface area contributed by atoms with Crippen molar-refractivity contribution in [3.05, 3.63) is 46.5 Å². The lowest BCUT2D eigenvalue weighted by Crippen LogP contribution is -2.40. The normalized spacial score (nSPS) is 20.2. The number of fused-ring (bicyclic) bond motifs is 1. The van der Waals surface area contributed by atoms with Crippen molar-refractivity contribution in [2.75, 3.05) is 31.1 Å². The quantitative estimate of drug-likeness (QED) is 0.680. The van der Waals surface area contributed by atoms with E-state index in [2.05, 4.69) is 28.6 Å². The number of thiophene rings is 1. The molecule has 6 nitrogen and oxygen atoms in total. The second-order valence-corrected chi connectivity index (χ2v) is 8.62. The van der Waals surface area contributed by atoms with E-state index in [1.165, 1.54) is 18.5 Å². The molecule has 5 rings (SSSR count). The minimum Gasteiger partial charge on any atom is -0.370 e. The standard InChI is InChI=1S/C21H25N5OS/c27-20(12-16-7-11-28-15-16)25-10-3-4-17(13-25)21-22-19-6-5-18(14-26(19)23-21)24-8-1-2-9-24/h5-7,11,14-15,17H,1-4,8-10,12-13H2. The highest BCUT2D eigenvalue weighted by Crippen LogP contribution is 2.27. The van der Waals surface area contributed by atoms with E-state index in [1.54, 1.807) is 11.3 Å². The first kappa shape index (κ1) is 17.7. The van der Waals surface area contributed by atoms with Gasteiger partial charge >= 0.3 is 0 Å². The van der Waals surface area contributed by atoms with Gasteiger partial charge in [-0.25, -0.2) is 9.50 Å². The van der Waals surface area contributed by atoms with Gasteiger partial charge < -0.3 is 9.80 Å². The predicted octanol–water partition coefficient (Wildman–Crippen LogP) is 3.34. The molecule has 0 radical (unpaired) electrons. The van der Waals surface area contributed by atoms with E-state index >= 15 is 0 Å². The molecule has 1 atom stereocenters. The molecule has 0 saturated carbocycles. The number of piperidine rings is 1. The van der Waals surface area contributed by atoms with Crippen molar-refractivity contribution in [1.82, 2.24) is 19.5 Å². The average molecular weight is 396 g/mol. The Morgan fingerprint density at radius 1 is 1.14 bits per heavy atom. The maximum atomic E-state index is 12.7. The van der Waals surface area contributed by atoms with Crippen molar-refractivity contribution in [1.29, 1.82) is 0 Å². The first-order valence-electron chi connectivity index (χ1n) is 10.2. The van der Waals surface area contributed by atoms with Gasteiger partial charge in [-0.1, -0.05) is 0 Å². The molecule has 1 unspecified atom stereocenters. The number of likely N-dealkylation sites (tertiary alicyclic amines) is 1. The van der Waals surface area contributed by atoms with E-state index in [4.69, 9.17) is 10.1 Å². The zero-order valence-electron chi connectivity index (χ0n) is 16.0. The number of pyridine rings is 1. The molecule has 2 fully saturated rings. The number of anilines is 1. The van der Waals surface area contributed by atoms with Gasteiger partial charge in [-0.15, -0.1) is 0 Å². The van der Waals surface area contributed by atoms with Gasteiger partial charge in [0.25, 0.3) is 0 Å². The SMILES string of the molecule is O=C(Cc1ccsc1)N1CCCC(c2nc3ccc(N4CCCC4)cn3n2)C1. The fourth-order valence-electron chi connectivity index (χ4n) is 4.32. The van der Waals surface area contributed by atoms with Gasteiger partial charge in [0, 0.05) is 32.1 Å². The van der Waals surface area contributed by atoms with Crippen LogP contribution in [0.3, 0.4) is 0 Å². The van der Waals surface area contributed by atoms with Gasteiger partial charge in [0.2, 0.25) is 5.91 Å². The maximum absolute atomic E-state index is 12.7. The molecule has 2 aliphatic heterocycles. The third-order valence-corrected chi connectivity index (χ3v) is 6.61. The van der Waals surface area contributed by atoms with Gasteiger partial charge in [-0.05, 0) is 60.2 Å². The third kappa shape index (κ3) is 3.51. The topological polar surface area (TPSA) is 53.7 Å². The van der Waals surface area contributed by atoms with Crippen LogP contribution in [0.2, 0.25) is 0 Å². The number of carbonyl (C=O) groups is 1. The minimum absolute atomic E-state index is 0.211. The Kier molecular flexibility index (Phi) is 4.76. The largest absolute Gasteiger partial charge is 0.370 e. The van der Waals surface area contributed by atoms with Crippen molar-refractivity contribution in [2.45, 2.75) is 38.0 Å². The molecule has 1 amide bonds. The molecule has 7 heteroatoms. The highest BCUT2D eigenvalue weighted by Gasteiger charge is 2.27. The Morgan fingerprint density at radius 2 is 2.04 bits per heavy atom. The lowest BCUT2D eigenvalue weighted by atomic mass is 9.97. The maximum Gasteiger partial charge on any atom is 0.227 e. The summed E-state index contributed by atoms with van der Waals surface area (Å²) in [5.41, 5.74) is 3.22. The van der Waals surface area contributed by atoms with E-state index in [-0.39, 0.29) is 11.8 Å². The molecule has 3 aromatic heterocycles. The Balaban J connectivity index is 1.32. The van der Waals surface area contributed by atoms with Gasteiger partial charge in [0.05, 0.1) is 18.3 Å². The zero-order valence-corrected chi connectivity index (χ0v) is 16.8. The summed E-state index contributed by atoms with van der Waals surface area (Å²) in [4.78, 5) is 21.9. The molecular weight excluding hydrogens is 370 g/mol. The van der Waals surface area contributed by atoms with E-state index < -0.39 is 0 Å². The molecule has 5 heterocycles. The number of rotatable bonds is 4. The zero-order chi connectivity index (χ0) is 18.9. The lowest BCUT2D eigenvalue weighted by Gasteiger charge is -2.31. The third-order valence-electron chi connectivity index (χ3n) is 5.88. The van der Waals surface area contributed by atoms with E-state index in [0.717, 1.165) is 56.1 Å². The molecular formula is C21H25N5OS. The molecule has 0 N–H and O–H groups in total. The number of aromatic nitrogens is 3. The van der Waals surface area contributed by atoms with Crippen LogP contribution in [0.5, 0.6) is 0 Å². The highest BCUT2D eigenvalue weighted by molar-refractivity contribution is 7.08. The van der Waals surface area contributed by atoms with Gasteiger partial charge in [-0.3, -0.25) is 4.79 Å². The second kappa shape index (κ2) is 7.54. The Labute approximate surface area is 168 Å². The summed E-state index contributed by atoms with van der Waals surface area (Å²) < 4.78 is 1.91. The number of amides is 1. The monoisotopic (exact) mass is 395 g/mol. The van der Waals surface area contributed by atoms with Crippen LogP contribution >= 0.6 is 11.3 Å². The Hall–Kier alpha value is -2.41. The summed E-state index contributed by atoms with van der Waals surface area (Å²) in [6.07, 6.45) is 7.16. The van der Waals surface area contributed by atoms with Crippen molar-refractivity contribution in [2.24, 2.45) is 0 Å². The summed E-state index contributed by atoms with van der Waals surface area (Å²) in [5.74, 6) is 1.30. The van der Waals surface area contributed by atoms with E-state index in [9.17, 15) is 4.79 Å². The van der Waals surface area contributed by atoms with Crippen molar-refractivity contribution in [3.63, 3.8) is 0 Å². The molecule has 3 aromatic rings. The summed E-state index contributed by atoms with van der Waals surface area (Å²) in [7, 11) is 0. The summed E-state index contributed by atoms with van der Waals surface area (Å²) >= 11 is 1.64. The Morgan fingerprint density at radius 3 is 2.86 bits per heavy atom. The predicted molar refractivity (Wildman–Crippen MR) is 111 cm³/mol. The first-order chi connectivity index (χ1) is 13.8. The van der Waals surface area contributed by atoms with Gasteiger partial charge in [0.1, 0.15) is 0 Å². The molecule has 0 spiro atoms. The molecule has 146 valence electrons. The first-order valence-corrected chi connectivity index (χ1v) is 11.1. The summed E-state index contributed by atoms with van der Waals surface area (Å²) in [5, 5.41) is 8.86. The van der Waals surface area contributed by atoms with Crippen LogP contribution in [0.4, 0.5) is 5.69 Å². The van der Waals surface area contributed by atoms with Crippen LogP contribution in [-0.4, -0.2) is 51.6 Å². The average Bonchev–Trinajstić information content (AvgIpc) is 3.48. The highest BCUT2D eigenvalue weighted by atomic mass is 32.1. The molecule has 2 saturated heterocycles. The molecule has 0 aliphatic carbocycles. The number of hydrogen-bond donors (Lipinski definition) is 0. The van der Waals surface area contributed by atoms with Crippen molar-refractivity contribution in [3.8, 4) is 0 Å². The minimum atomic E-state index is 0.211. The molecule has 2 aliphatic rings. The smallest absolute Gasteiger partial charge is 0.227 e. The summed E-state index contributed by atoms with van der Waals surface area (Å²) in [6.45, 7) is 3.80. The number of hydrogen-bond acceptors (Lipinski definition) is 5. The van der Waals surface area contributed by atoms with E-state index in [0.29, 0.717) is 6.42 Å². The summed E-state index contributed by atoms with van der Waals surface area (Å²) in [6, 6.07) is 6.24. The van der Waals surface area contributed by atoms with Crippen molar-refractivity contribution >= 4 is 28.6 Å². The van der Waals surface area contributed by atoms with Gasteiger partial charge in [0.15, 0.2) is 11.5 Å². The fourth-order valence-corrected chi connectivity index (χ4v) is 4.99. The second-order valence-electron chi connectivity index (χ2n) is 7.84. The van der Waals surface area contributed by atoms with Crippen molar-refractivity contribution < 1.29 is 4.79 Å². The van der Waals surface area contributed by atoms with Crippen LogP contribution in [0.15, 0.2) is 35.2 Å². The number of nitrogens with zero attached hydrogens (tertiary/aromatic N) is 5. The molecule has 0 bridgehead atoms. The molecule has 28 heavy (non-hydrogen) atoms. The Bertz CT molecular complexity index is 961. The van der Waals surface area contributed by atoms with E-state index in [1.807, 2.05) is 20.9 Å². The molecule has 0 aromatic carbocycles. The number of carbonyl (C=O) groups excluding carboxylic acids is 1. The van der Waals surface area contributed by atoms with Gasteiger partial charge in [-0.2, -0.15) is 16.4 Å². The van der Waals surface area contributed by atoms with Crippen LogP contribution < -0.4 is 4.90 Å². The fraction of sp³-hybridized carbons (Fsp3) is 0.476.